The number of hydrogen-bond donors (Lipinski definition) is 0. The molecule has 0 aromatic carbocycles. The number of pyridine rings is 1. The average molecular weight is 239 g/mol. The number of carboxylic acids is 1. The molecule has 96 valence electrons. The fourth-order valence-electron chi connectivity index (χ4n) is 1.01. The van der Waals surface area contributed by atoms with Gasteiger partial charge in [-0.3, -0.25) is 0 Å². The van der Waals surface area contributed by atoms with E-state index in [9.17, 15) is 9.90 Å². The van der Waals surface area contributed by atoms with Gasteiger partial charge in [-0.05, 0) is 12.1 Å². The predicted molar refractivity (Wildman–Crippen MR) is 66.5 cm³/mol. The molecule has 17 heavy (non-hydrogen) atoms. The number of likely N-dealkylation sites (N-methyl/N-ethyl adjacent to an activating group) is 1. The van der Waals surface area contributed by atoms with Gasteiger partial charge in [0.05, 0.1) is 27.1 Å². The highest BCUT2D eigenvalue weighted by Crippen LogP contribution is 2.02. The number of quaternary nitrogens is 1. The van der Waals surface area contributed by atoms with Crippen LogP contribution in [-0.4, -0.2) is 57.2 Å². The van der Waals surface area contributed by atoms with Crippen LogP contribution in [0.25, 0.3) is 0 Å². The molecular formula is C12H21N3O2. The van der Waals surface area contributed by atoms with E-state index in [-0.39, 0.29) is 6.54 Å². The maximum absolute atomic E-state index is 9.89. The Bertz CT molecular complexity index is 331. The van der Waals surface area contributed by atoms with Crippen molar-refractivity contribution in [3.8, 4) is 0 Å². The van der Waals surface area contributed by atoms with Gasteiger partial charge in [0, 0.05) is 20.3 Å². The van der Waals surface area contributed by atoms with Crippen LogP contribution in [0.15, 0.2) is 24.4 Å². The van der Waals surface area contributed by atoms with E-state index in [2.05, 4.69) is 4.98 Å². The minimum atomic E-state index is -1.00. The second kappa shape index (κ2) is 6.85. The number of aromatic nitrogens is 1. The summed E-state index contributed by atoms with van der Waals surface area (Å²) >= 11 is 0. The molecule has 0 N–H and O–H groups in total. The van der Waals surface area contributed by atoms with Crippen molar-refractivity contribution in [2.24, 2.45) is 0 Å². The Morgan fingerprint density at radius 3 is 2.12 bits per heavy atom. The summed E-state index contributed by atoms with van der Waals surface area (Å²) in [6, 6.07) is 5.86. The summed E-state index contributed by atoms with van der Waals surface area (Å²) in [5.41, 5.74) is 0. The van der Waals surface area contributed by atoms with E-state index in [1.54, 1.807) is 27.3 Å². The SMILES string of the molecule is CN(C)c1ccccn1.C[N+](C)(C)CC(=O)[O-]. The van der Waals surface area contributed by atoms with E-state index in [4.69, 9.17) is 0 Å². The van der Waals surface area contributed by atoms with E-state index in [1.807, 2.05) is 37.2 Å². The monoisotopic (exact) mass is 239 g/mol. The first-order valence-corrected chi connectivity index (χ1v) is 5.31. The third-order valence-electron chi connectivity index (χ3n) is 1.71. The van der Waals surface area contributed by atoms with Gasteiger partial charge in [0.15, 0.2) is 0 Å². The fraction of sp³-hybridized carbons (Fsp3) is 0.500. The maximum atomic E-state index is 9.89. The lowest BCUT2D eigenvalue weighted by Gasteiger charge is -2.23. The third-order valence-corrected chi connectivity index (χ3v) is 1.71. The standard InChI is InChI=1S/C7H10N2.C5H11NO2/c1-9(2)7-5-3-4-6-8-7;1-6(2,3)4-5(7)8/h3-6H,1-2H3;4H2,1-3H3. The Kier molecular flexibility index (Phi) is 6.20. The zero-order valence-electron chi connectivity index (χ0n) is 11.2. The van der Waals surface area contributed by atoms with Crippen LogP contribution in [-0.2, 0) is 4.79 Å². The van der Waals surface area contributed by atoms with E-state index in [1.165, 1.54) is 0 Å². The lowest BCUT2D eigenvalue weighted by molar-refractivity contribution is -0.864. The van der Waals surface area contributed by atoms with E-state index in [0.717, 1.165) is 5.82 Å². The van der Waals surface area contributed by atoms with Gasteiger partial charge in [0.2, 0.25) is 0 Å². The number of hydrogen-bond acceptors (Lipinski definition) is 4. The summed E-state index contributed by atoms with van der Waals surface area (Å²) in [5, 5.41) is 9.89. The second-order valence-corrected chi connectivity index (χ2v) is 4.90. The van der Waals surface area contributed by atoms with Crippen LogP contribution in [0.2, 0.25) is 0 Å². The van der Waals surface area contributed by atoms with Crippen molar-refractivity contribution in [3.05, 3.63) is 24.4 Å². The molecule has 1 aromatic heterocycles. The Balaban J connectivity index is 0.000000304. The van der Waals surface area contributed by atoms with Gasteiger partial charge < -0.3 is 19.3 Å². The highest BCUT2D eigenvalue weighted by Gasteiger charge is 2.04. The molecule has 1 aromatic rings. The molecule has 0 bridgehead atoms. The van der Waals surface area contributed by atoms with Crippen molar-refractivity contribution >= 4 is 11.8 Å². The van der Waals surface area contributed by atoms with Gasteiger partial charge in [-0.15, -0.1) is 0 Å². The van der Waals surface area contributed by atoms with Crippen LogP contribution >= 0.6 is 0 Å². The molecule has 0 radical (unpaired) electrons. The molecule has 0 spiro atoms. The lowest BCUT2D eigenvalue weighted by atomic mass is 10.4. The normalized spacial score (nSPS) is 10.2. The van der Waals surface area contributed by atoms with Crippen molar-refractivity contribution in [2.75, 3.05) is 46.7 Å². The number of rotatable bonds is 3. The van der Waals surface area contributed by atoms with Crippen molar-refractivity contribution < 1.29 is 14.4 Å². The molecule has 0 aliphatic carbocycles. The first-order chi connectivity index (χ1) is 7.72. The minimum Gasteiger partial charge on any atom is -0.544 e. The van der Waals surface area contributed by atoms with Crippen LogP contribution in [0.1, 0.15) is 0 Å². The molecule has 1 rings (SSSR count). The number of anilines is 1. The Labute approximate surface area is 103 Å². The number of carboxylic acid groups (broad SMARTS) is 1. The molecule has 0 aliphatic heterocycles. The van der Waals surface area contributed by atoms with Crippen LogP contribution in [0.3, 0.4) is 0 Å². The van der Waals surface area contributed by atoms with Crippen LogP contribution < -0.4 is 10.0 Å². The minimum absolute atomic E-state index is 0.0694. The summed E-state index contributed by atoms with van der Waals surface area (Å²) in [6.45, 7) is 0.0694. The number of nitrogens with zero attached hydrogens (tertiary/aromatic N) is 3. The van der Waals surface area contributed by atoms with Crippen LogP contribution in [0.4, 0.5) is 5.82 Å². The van der Waals surface area contributed by atoms with Gasteiger partial charge in [0.1, 0.15) is 12.4 Å². The molecule has 5 heteroatoms. The van der Waals surface area contributed by atoms with Gasteiger partial charge in [0.25, 0.3) is 0 Å². The zero-order valence-corrected chi connectivity index (χ0v) is 11.2. The summed E-state index contributed by atoms with van der Waals surface area (Å²) in [6.07, 6.45) is 1.79. The first-order valence-electron chi connectivity index (χ1n) is 5.31. The summed E-state index contributed by atoms with van der Waals surface area (Å²) in [4.78, 5) is 16.0. The van der Waals surface area contributed by atoms with Gasteiger partial charge in [-0.2, -0.15) is 0 Å². The molecule has 1 heterocycles. The summed E-state index contributed by atoms with van der Waals surface area (Å²) in [7, 11) is 9.35. The molecule has 0 atom stereocenters. The zero-order chi connectivity index (χ0) is 13.5. The summed E-state index contributed by atoms with van der Waals surface area (Å²) < 4.78 is 0.419. The molecule has 0 aliphatic rings. The van der Waals surface area contributed by atoms with Crippen molar-refractivity contribution in [1.29, 1.82) is 0 Å². The average Bonchev–Trinajstić information content (AvgIpc) is 2.16. The van der Waals surface area contributed by atoms with Gasteiger partial charge in [-0.25, -0.2) is 4.98 Å². The third kappa shape index (κ3) is 9.32. The Morgan fingerprint density at radius 1 is 1.35 bits per heavy atom. The van der Waals surface area contributed by atoms with Gasteiger partial charge >= 0.3 is 0 Å². The number of carbonyl (C=O) groups is 1. The van der Waals surface area contributed by atoms with E-state index < -0.39 is 5.97 Å². The molecule has 0 amide bonds. The largest absolute Gasteiger partial charge is 0.544 e. The first kappa shape index (κ1) is 15.4. The predicted octanol–water partition coefficient (Wildman–Crippen LogP) is -0.410. The Hall–Kier alpha value is -1.62. The lowest BCUT2D eigenvalue weighted by Crippen LogP contribution is -2.45. The van der Waals surface area contributed by atoms with E-state index in [0.29, 0.717) is 4.48 Å². The molecule has 0 saturated heterocycles. The van der Waals surface area contributed by atoms with Crippen molar-refractivity contribution in [3.63, 3.8) is 0 Å². The van der Waals surface area contributed by atoms with Gasteiger partial charge in [-0.1, -0.05) is 6.07 Å². The van der Waals surface area contributed by atoms with Crippen LogP contribution in [0.5, 0.6) is 0 Å². The second-order valence-electron chi connectivity index (χ2n) is 4.90. The highest BCUT2D eigenvalue weighted by molar-refractivity contribution is 5.65. The number of carbonyl (C=O) groups excluding carboxylic acids is 1. The molecule has 5 nitrogen and oxygen atoms in total. The van der Waals surface area contributed by atoms with Crippen LogP contribution in [0, 0.1) is 0 Å². The topological polar surface area (TPSA) is 56.3 Å². The summed E-state index contributed by atoms with van der Waals surface area (Å²) in [5.74, 6) is -0.00463. The molecule has 0 unspecified atom stereocenters. The quantitative estimate of drug-likeness (QED) is 0.673. The molecule has 0 fully saturated rings. The van der Waals surface area contributed by atoms with E-state index >= 15 is 0 Å². The fourth-order valence-corrected chi connectivity index (χ4v) is 1.01. The Morgan fingerprint density at radius 2 is 1.94 bits per heavy atom. The van der Waals surface area contributed by atoms with Crippen molar-refractivity contribution in [1.82, 2.24) is 4.98 Å². The highest BCUT2D eigenvalue weighted by atomic mass is 16.4. The maximum Gasteiger partial charge on any atom is 0.127 e. The molecule has 0 saturated carbocycles. The molecular weight excluding hydrogens is 218 g/mol. The number of aliphatic carboxylic acids is 1. The smallest absolute Gasteiger partial charge is 0.127 e. The van der Waals surface area contributed by atoms with Crippen molar-refractivity contribution in [2.45, 2.75) is 0 Å².